The van der Waals surface area contributed by atoms with Crippen molar-refractivity contribution in [1.82, 2.24) is 15.0 Å². The number of carbonyl (C=O) groups excluding carboxylic acids is 1. The van der Waals surface area contributed by atoms with Gasteiger partial charge in [-0.25, -0.2) is 14.8 Å². The molecule has 1 aromatic carbocycles. The first kappa shape index (κ1) is 24.0. The second-order valence-corrected chi connectivity index (χ2v) is 10.3. The molecule has 0 fully saturated rings. The zero-order valence-electron chi connectivity index (χ0n) is 19.1. The van der Waals surface area contributed by atoms with Crippen LogP contribution in [0.3, 0.4) is 0 Å². The Kier molecular flexibility index (Phi) is 7.33. The van der Waals surface area contributed by atoms with E-state index in [9.17, 15) is 4.79 Å². The molecular formula is C25H24BrN5O2S. The largest absolute Gasteiger partial charge is 0.442 e. The molecule has 34 heavy (non-hydrogen) atoms. The number of pyridine rings is 1. The fraction of sp³-hybridized carbons (Fsp3) is 0.240. The second kappa shape index (κ2) is 10.4. The van der Waals surface area contributed by atoms with Gasteiger partial charge in [0.1, 0.15) is 16.9 Å². The molecule has 0 saturated heterocycles. The maximum absolute atomic E-state index is 12.5. The van der Waals surface area contributed by atoms with Crippen LogP contribution in [0.1, 0.15) is 26.3 Å². The highest BCUT2D eigenvalue weighted by molar-refractivity contribution is 9.10. The molecule has 7 nitrogen and oxygen atoms in total. The predicted molar refractivity (Wildman–Crippen MR) is 141 cm³/mol. The number of hydrogen-bond donors (Lipinski definition) is 1. The highest BCUT2D eigenvalue weighted by atomic mass is 79.9. The van der Waals surface area contributed by atoms with Crippen LogP contribution in [-0.4, -0.2) is 38.9 Å². The summed E-state index contributed by atoms with van der Waals surface area (Å²) in [7, 11) is 0. The Morgan fingerprint density at radius 1 is 1.12 bits per heavy atom. The van der Waals surface area contributed by atoms with Gasteiger partial charge in [0.05, 0.1) is 15.7 Å². The van der Waals surface area contributed by atoms with Crippen LogP contribution in [0.5, 0.6) is 0 Å². The van der Waals surface area contributed by atoms with Gasteiger partial charge in [0.2, 0.25) is 0 Å². The minimum Gasteiger partial charge on any atom is -0.442 e. The number of hydrogen-bond acceptors (Lipinski definition) is 7. The average molecular weight is 538 g/mol. The van der Waals surface area contributed by atoms with E-state index < -0.39 is 11.7 Å². The summed E-state index contributed by atoms with van der Waals surface area (Å²) in [5, 5.41) is 5.37. The molecular weight excluding hydrogens is 514 g/mol. The average Bonchev–Trinajstić information content (AvgIpc) is 3.18. The van der Waals surface area contributed by atoms with Crippen LogP contribution in [0.4, 0.5) is 10.6 Å². The van der Waals surface area contributed by atoms with Crippen molar-refractivity contribution >= 4 is 55.1 Å². The SMILES string of the molecule is CC(C)(C)OC(=O)N=C(CNc1nc(-c2ccncc2)nc2c(Br)csc12)Cc1ccccc1. The van der Waals surface area contributed by atoms with E-state index in [0.29, 0.717) is 30.3 Å². The Labute approximate surface area is 210 Å². The summed E-state index contributed by atoms with van der Waals surface area (Å²) in [6, 6.07) is 13.6. The third-order valence-corrected chi connectivity index (χ3v) is 6.55. The lowest BCUT2D eigenvalue weighted by atomic mass is 10.1. The summed E-state index contributed by atoms with van der Waals surface area (Å²) in [5.74, 6) is 1.27. The van der Waals surface area contributed by atoms with E-state index in [2.05, 4.69) is 31.2 Å². The number of amides is 1. The van der Waals surface area contributed by atoms with Crippen LogP contribution in [0.2, 0.25) is 0 Å². The quantitative estimate of drug-likeness (QED) is 0.280. The van der Waals surface area contributed by atoms with Gasteiger partial charge >= 0.3 is 6.09 Å². The molecule has 3 heterocycles. The molecule has 174 valence electrons. The first-order chi connectivity index (χ1) is 16.3. The van der Waals surface area contributed by atoms with Gasteiger partial charge in [0.15, 0.2) is 5.82 Å². The fourth-order valence-electron chi connectivity index (χ4n) is 3.21. The molecule has 0 radical (unpaired) electrons. The fourth-order valence-corrected chi connectivity index (χ4v) is 4.74. The van der Waals surface area contributed by atoms with Gasteiger partial charge in [0, 0.05) is 35.5 Å². The lowest BCUT2D eigenvalue weighted by Gasteiger charge is -2.18. The smallest absolute Gasteiger partial charge is 0.434 e. The monoisotopic (exact) mass is 537 g/mol. The van der Waals surface area contributed by atoms with E-state index in [1.165, 1.54) is 0 Å². The Bertz CT molecular complexity index is 1320. The summed E-state index contributed by atoms with van der Waals surface area (Å²) in [5.41, 5.74) is 2.77. The number of aliphatic imine (C=N–C) groups is 1. The van der Waals surface area contributed by atoms with E-state index in [1.807, 2.05) is 68.6 Å². The van der Waals surface area contributed by atoms with Crippen LogP contribution < -0.4 is 5.32 Å². The maximum Gasteiger partial charge on any atom is 0.434 e. The maximum atomic E-state index is 12.5. The van der Waals surface area contributed by atoms with Crippen LogP contribution in [0.15, 0.2) is 69.7 Å². The number of aromatic nitrogens is 3. The number of anilines is 1. The first-order valence-corrected chi connectivity index (χ1v) is 12.4. The molecule has 0 aliphatic heterocycles. The third kappa shape index (κ3) is 6.24. The Morgan fingerprint density at radius 3 is 2.56 bits per heavy atom. The molecule has 9 heteroatoms. The van der Waals surface area contributed by atoms with Crippen molar-refractivity contribution in [1.29, 1.82) is 0 Å². The van der Waals surface area contributed by atoms with Crippen molar-refractivity contribution in [2.45, 2.75) is 32.8 Å². The number of ether oxygens (including phenoxy) is 1. The Hall–Kier alpha value is -3.17. The molecule has 0 atom stereocenters. The highest BCUT2D eigenvalue weighted by Gasteiger charge is 2.18. The molecule has 4 rings (SSSR count). The van der Waals surface area contributed by atoms with Gasteiger partial charge in [-0.15, -0.1) is 11.3 Å². The van der Waals surface area contributed by atoms with E-state index in [0.717, 1.165) is 25.8 Å². The van der Waals surface area contributed by atoms with Crippen LogP contribution in [0, 0.1) is 0 Å². The van der Waals surface area contributed by atoms with Gasteiger partial charge in [-0.3, -0.25) is 4.98 Å². The molecule has 4 aromatic rings. The summed E-state index contributed by atoms with van der Waals surface area (Å²) in [6.07, 6.45) is 3.32. The van der Waals surface area contributed by atoms with Crippen molar-refractivity contribution in [3.63, 3.8) is 0 Å². The Morgan fingerprint density at radius 2 is 1.85 bits per heavy atom. The van der Waals surface area contributed by atoms with E-state index in [1.54, 1.807) is 23.7 Å². The molecule has 0 unspecified atom stereocenters. The number of rotatable bonds is 6. The number of benzene rings is 1. The van der Waals surface area contributed by atoms with Crippen LogP contribution in [-0.2, 0) is 11.2 Å². The third-order valence-electron chi connectivity index (χ3n) is 4.66. The molecule has 0 aliphatic rings. The standard InChI is InChI=1S/C25H24BrN5O2S/c1-25(2,3)33-24(32)29-18(13-16-7-5-4-6-8-16)14-28-23-21-20(19(26)15-34-21)30-22(31-23)17-9-11-27-12-10-17/h4-12,15H,13-14H2,1-3H3,(H,28,30,31). The first-order valence-electron chi connectivity index (χ1n) is 10.7. The van der Waals surface area contributed by atoms with Crippen LogP contribution >= 0.6 is 27.3 Å². The van der Waals surface area contributed by atoms with E-state index in [-0.39, 0.29) is 0 Å². The molecule has 3 aromatic heterocycles. The summed E-state index contributed by atoms with van der Waals surface area (Å²) in [4.78, 5) is 30.3. The molecule has 1 amide bonds. The summed E-state index contributed by atoms with van der Waals surface area (Å²) >= 11 is 5.13. The number of carbonyl (C=O) groups is 1. The van der Waals surface area contributed by atoms with Gasteiger partial charge in [-0.2, -0.15) is 4.99 Å². The lowest BCUT2D eigenvalue weighted by molar-refractivity contribution is 0.0604. The topological polar surface area (TPSA) is 89.4 Å². The van der Waals surface area contributed by atoms with Crippen molar-refractivity contribution in [3.8, 4) is 11.4 Å². The van der Waals surface area contributed by atoms with Crippen molar-refractivity contribution in [2.75, 3.05) is 11.9 Å². The number of thiophene rings is 1. The number of fused-ring (bicyclic) bond motifs is 1. The van der Waals surface area contributed by atoms with Crippen molar-refractivity contribution in [2.24, 2.45) is 4.99 Å². The number of nitrogens with one attached hydrogen (secondary N) is 1. The molecule has 0 saturated carbocycles. The Balaban J connectivity index is 1.65. The minimum atomic E-state index is -0.618. The summed E-state index contributed by atoms with van der Waals surface area (Å²) < 4.78 is 7.24. The van der Waals surface area contributed by atoms with Crippen LogP contribution in [0.25, 0.3) is 21.6 Å². The van der Waals surface area contributed by atoms with Gasteiger partial charge in [-0.1, -0.05) is 30.3 Å². The van der Waals surface area contributed by atoms with Crippen molar-refractivity contribution < 1.29 is 9.53 Å². The highest BCUT2D eigenvalue weighted by Crippen LogP contribution is 2.34. The minimum absolute atomic E-state index is 0.325. The normalized spacial score (nSPS) is 12.1. The number of halogens is 1. The van der Waals surface area contributed by atoms with E-state index in [4.69, 9.17) is 14.7 Å². The zero-order valence-corrected chi connectivity index (χ0v) is 21.5. The molecule has 0 aliphatic carbocycles. The predicted octanol–water partition coefficient (Wildman–Crippen LogP) is 6.55. The van der Waals surface area contributed by atoms with E-state index >= 15 is 0 Å². The lowest BCUT2D eigenvalue weighted by Crippen LogP contribution is -2.24. The summed E-state index contributed by atoms with van der Waals surface area (Å²) in [6.45, 7) is 5.79. The molecule has 0 spiro atoms. The van der Waals surface area contributed by atoms with Crippen molar-refractivity contribution in [3.05, 3.63) is 70.3 Å². The zero-order chi connectivity index (χ0) is 24.1. The second-order valence-electron chi connectivity index (χ2n) is 8.57. The van der Waals surface area contributed by atoms with Gasteiger partial charge in [0.25, 0.3) is 0 Å². The van der Waals surface area contributed by atoms with Gasteiger partial charge < -0.3 is 10.1 Å². The molecule has 0 bridgehead atoms. The molecule has 1 N–H and O–H groups in total. The van der Waals surface area contributed by atoms with Gasteiger partial charge in [-0.05, 0) is 54.4 Å². The number of nitrogens with zero attached hydrogens (tertiary/aromatic N) is 4.